The fourth-order valence-electron chi connectivity index (χ4n) is 7.44. The first kappa shape index (κ1) is 51.3. The Balaban J connectivity index is 1.29. The minimum atomic E-state index is -3.73. The van der Waals surface area contributed by atoms with E-state index in [2.05, 4.69) is 42.5 Å². The number of aromatic nitrogens is 4. The number of rotatable bonds is 26. The summed E-state index contributed by atoms with van der Waals surface area (Å²) in [6.45, 7) is 8.95. The summed E-state index contributed by atoms with van der Waals surface area (Å²) >= 11 is 0. The van der Waals surface area contributed by atoms with Gasteiger partial charge in [0.1, 0.15) is 11.8 Å². The molecule has 3 heterocycles. The highest BCUT2D eigenvalue weighted by Gasteiger charge is 2.56. The number of benzene rings is 2. The summed E-state index contributed by atoms with van der Waals surface area (Å²) in [4.78, 5) is 107. The van der Waals surface area contributed by atoms with E-state index in [9.17, 15) is 43.2 Å². The monoisotopic (exact) mass is 948 g/mol. The van der Waals surface area contributed by atoms with E-state index in [4.69, 9.17) is 23.4 Å². The molecule has 2 aromatic carbocycles. The van der Waals surface area contributed by atoms with Crippen LogP contribution in [0.25, 0.3) is 11.2 Å². The van der Waals surface area contributed by atoms with Crippen molar-refractivity contribution in [2.24, 2.45) is 11.8 Å². The number of unbranched alkanes of at least 4 members (excludes halogenated alkanes) is 1. The lowest BCUT2D eigenvalue weighted by molar-refractivity contribution is -0.152. The molecule has 1 saturated heterocycles. The predicted molar refractivity (Wildman–Crippen MR) is 241 cm³/mol. The number of carboxylic acids is 2. The number of carbonyl (C=O) groups excluding carboxylic acids is 4. The van der Waals surface area contributed by atoms with Gasteiger partial charge in [0.15, 0.2) is 11.2 Å². The number of hydrogen-bond donors (Lipinski definition) is 6. The van der Waals surface area contributed by atoms with E-state index in [1.165, 1.54) is 31.3 Å². The Bertz CT molecular complexity index is 2520. The van der Waals surface area contributed by atoms with Crippen molar-refractivity contribution in [2.45, 2.75) is 77.7 Å². The van der Waals surface area contributed by atoms with Crippen molar-refractivity contribution >= 4 is 66.1 Å². The van der Waals surface area contributed by atoms with E-state index in [1.54, 1.807) is 30.9 Å². The first-order valence-corrected chi connectivity index (χ1v) is 22.8. The van der Waals surface area contributed by atoms with Gasteiger partial charge in [0, 0.05) is 30.3 Å². The smallest absolute Gasteiger partial charge is 0.474 e. The SMILES string of the molecule is C=C[C@H]1C(C(=O)OCCCCOP(=O)(OCC)OCC)C(C(=O)Nc2nc3ncc(CNc4ccc(C(=O)N[C@H](CCC(=O)O)C(=O)O)cc4)nc3c(=O)[nH]2)[C@@H](C(C)=O)N1Cc1ccccc1. The number of phosphoric ester groups is 1. The molecular formula is C44H53N8O14P. The zero-order chi connectivity index (χ0) is 48.7. The Morgan fingerprint density at radius 1 is 0.940 bits per heavy atom. The lowest BCUT2D eigenvalue weighted by Crippen LogP contribution is -2.44. The van der Waals surface area contributed by atoms with Crippen LogP contribution in [0.4, 0.5) is 11.6 Å². The summed E-state index contributed by atoms with van der Waals surface area (Å²) in [7, 11) is -3.73. The van der Waals surface area contributed by atoms with Crippen molar-refractivity contribution in [3.05, 3.63) is 101 Å². The standard InChI is InChI=1S/C44H53N8O14P/c1-5-32-34(43(61)63-21-11-12-22-66-67(62,64-6-2)65-7-3)35(37(26(4)53)52(32)25-27-13-9-8-10-14-27)40(57)50-44-49-38-36(41(58)51-44)47-30(24-46-38)23-45-29-17-15-28(16-18-29)39(56)48-31(42(59)60)19-20-33(54)55/h5,8-10,13-18,24,31-32,34-35,37,45H,1,6-7,11-12,19-23,25H2,2-4H3,(H,48,56)(H,54,55)(H,59,60)(H2,46,49,50,51,57,58)/t31-,32+,34?,35?,37-/m1/s1. The normalized spacial score (nSPS) is 17.6. The summed E-state index contributed by atoms with van der Waals surface area (Å²) in [5.74, 6) is -8.12. The molecule has 2 aromatic heterocycles. The molecular weight excluding hydrogens is 895 g/mol. The second-order valence-corrected chi connectivity index (χ2v) is 16.8. The summed E-state index contributed by atoms with van der Waals surface area (Å²) in [5, 5.41) is 26.2. The average molecular weight is 949 g/mol. The molecule has 1 aliphatic heterocycles. The molecule has 6 N–H and O–H groups in total. The maximum absolute atomic E-state index is 14.4. The third-order valence-electron chi connectivity index (χ3n) is 10.5. The number of nitrogens with zero attached hydrogens (tertiary/aromatic N) is 4. The fourth-order valence-corrected chi connectivity index (χ4v) is 8.65. The largest absolute Gasteiger partial charge is 0.481 e. The highest BCUT2D eigenvalue weighted by atomic mass is 31.2. The average Bonchev–Trinajstić information content (AvgIpc) is 3.63. The summed E-state index contributed by atoms with van der Waals surface area (Å²) in [6, 6.07) is 11.8. The van der Waals surface area contributed by atoms with Gasteiger partial charge in [0.2, 0.25) is 11.9 Å². The number of ketones is 1. The molecule has 67 heavy (non-hydrogen) atoms. The Hall–Kier alpha value is -6.71. The number of Topliss-reactive ketones (excluding diaryl/α,β-unsaturated/α-hetero) is 1. The molecule has 5 rings (SSSR count). The summed E-state index contributed by atoms with van der Waals surface area (Å²) < 4.78 is 33.9. The van der Waals surface area contributed by atoms with E-state index in [-0.39, 0.29) is 68.6 Å². The Morgan fingerprint density at radius 3 is 2.25 bits per heavy atom. The second kappa shape index (κ2) is 24.2. The van der Waals surface area contributed by atoms with Gasteiger partial charge < -0.3 is 25.6 Å². The van der Waals surface area contributed by atoms with Crippen LogP contribution in [-0.4, -0.2) is 115 Å². The quantitative estimate of drug-likeness (QED) is 0.0223. The number of nitrogens with one attached hydrogen (secondary N) is 4. The maximum atomic E-state index is 14.4. The first-order chi connectivity index (χ1) is 32.1. The van der Waals surface area contributed by atoms with E-state index >= 15 is 0 Å². The van der Waals surface area contributed by atoms with Crippen molar-refractivity contribution in [2.75, 3.05) is 37.1 Å². The molecule has 0 spiro atoms. The van der Waals surface area contributed by atoms with Crippen molar-refractivity contribution in [3.8, 4) is 0 Å². The number of aliphatic carboxylic acids is 2. The topological polar surface area (TPSA) is 308 Å². The number of hydrogen-bond acceptors (Lipinski definition) is 17. The number of amides is 2. The molecule has 358 valence electrons. The second-order valence-electron chi connectivity index (χ2n) is 15.1. The third kappa shape index (κ3) is 13.9. The number of H-pyrrole nitrogens is 1. The minimum absolute atomic E-state index is 0.00590. The molecule has 5 atom stereocenters. The van der Waals surface area contributed by atoms with Crippen molar-refractivity contribution in [3.63, 3.8) is 0 Å². The van der Waals surface area contributed by atoms with Gasteiger partial charge in [-0.05, 0) is 69.9 Å². The van der Waals surface area contributed by atoms with Gasteiger partial charge in [-0.1, -0.05) is 36.4 Å². The molecule has 0 saturated carbocycles. The van der Waals surface area contributed by atoms with Crippen LogP contribution in [0.5, 0.6) is 0 Å². The fraction of sp³-hybridized carbons (Fsp3) is 0.409. The molecule has 0 radical (unpaired) electrons. The van der Waals surface area contributed by atoms with Gasteiger partial charge in [0.25, 0.3) is 11.5 Å². The van der Waals surface area contributed by atoms with Crippen LogP contribution in [0.3, 0.4) is 0 Å². The molecule has 1 fully saturated rings. The van der Waals surface area contributed by atoms with E-state index in [0.29, 0.717) is 24.2 Å². The van der Waals surface area contributed by atoms with Crippen LogP contribution in [0.2, 0.25) is 0 Å². The van der Waals surface area contributed by atoms with Gasteiger partial charge in [-0.3, -0.25) is 57.5 Å². The molecule has 1 aliphatic rings. The van der Waals surface area contributed by atoms with Gasteiger partial charge >= 0.3 is 25.7 Å². The Kier molecular flexibility index (Phi) is 18.5. The highest BCUT2D eigenvalue weighted by Crippen LogP contribution is 2.49. The van der Waals surface area contributed by atoms with Crippen LogP contribution in [-0.2, 0) is 59.9 Å². The predicted octanol–water partition coefficient (Wildman–Crippen LogP) is 4.09. The number of phosphoric acid groups is 1. The summed E-state index contributed by atoms with van der Waals surface area (Å²) in [5.41, 5.74) is 0.751. The van der Waals surface area contributed by atoms with Crippen molar-refractivity contribution in [1.29, 1.82) is 0 Å². The van der Waals surface area contributed by atoms with Gasteiger partial charge in [-0.25, -0.2) is 19.3 Å². The third-order valence-corrected chi connectivity index (χ3v) is 12.1. The molecule has 4 aromatic rings. The lowest BCUT2D eigenvalue weighted by atomic mass is 9.85. The van der Waals surface area contributed by atoms with Crippen LogP contribution in [0.15, 0.2) is 78.2 Å². The first-order valence-electron chi connectivity index (χ1n) is 21.4. The van der Waals surface area contributed by atoms with E-state index in [1.807, 2.05) is 30.3 Å². The zero-order valence-corrected chi connectivity index (χ0v) is 37.9. The molecule has 22 nitrogen and oxygen atoms in total. The molecule has 2 amide bonds. The molecule has 0 aliphatic carbocycles. The molecule has 23 heteroatoms. The lowest BCUT2D eigenvalue weighted by Gasteiger charge is -2.28. The summed E-state index contributed by atoms with van der Waals surface area (Å²) in [6.07, 6.45) is 2.73. The van der Waals surface area contributed by atoms with Gasteiger partial charge in [-0.15, -0.1) is 6.58 Å². The number of anilines is 2. The number of aromatic amines is 1. The van der Waals surface area contributed by atoms with Gasteiger partial charge in [0.05, 0.1) is 62.7 Å². The van der Waals surface area contributed by atoms with E-state index < -0.39 is 85.3 Å². The number of fused-ring (bicyclic) bond motifs is 1. The van der Waals surface area contributed by atoms with Crippen molar-refractivity contribution in [1.82, 2.24) is 30.2 Å². The van der Waals surface area contributed by atoms with Crippen molar-refractivity contribution < 1.29 is 61.9 Å². The van der Waals surface area contributed by atoms with Crippen LogP contribution >= 0.6 is 7.82 Å². The number of carbonyl (C=O) groups is 6. The number of ether oxygens (including phenoxy) is 1. The number of esters is 1. The molecule has 2 unspecified atom stereocenters. The van der Waals surface area contributed by atoms with Crippen LogP contribution < -0.4 is 21.5 Å². The van der Waals surface area contributed by atoms with Crippen LogP contribution in [0.1, 0.15) is 68.1 Å². The van der Waals surface area contributed by atoms with E-state index in [0.717, 1.165) is 5.56 Å². The highest BCUT2D eigenvalue weighted by molar-refractivity contribution is 7.48. The van der Waals surface area contributed by atoms with Crippen LogP contribution in [0, 0.1) is 11.8 Å². The Labute approximate surface area is 384 Å². The number of carboxylic acid groups (broad SMARTS) is 2. The molecule has 0 bridgehead atoms. The minimum Gasteiger partial charge on any atom is -0.481 e. The zero-order valence-electron chi connectivity index (χ0n) is 37.0. The number of likely N-dealkylation sites (tertiary alicyclic amines) is 1. The van der Waals surface area contributed by atoms with Gasteiger partial charge in [-0.2, -0.15) is 4.98 Å². The Morgan fingerprint density at radius 2 is 1.63 bits per heavy atom. The maximum Gasteiger partial charge on any atom is 0.474 e.